The molecule has 104 valence electrons. The van der Waals surface area contributed by atoms with Gasteiger partial charge in [-0.15, -0.1) is 0 Å². The summed E-state index contributed by atoms with van der Waals surface area (Å²) in [5, 5.41) is 11.1. The lowest BCUT2D eigenvalue weighted by Crippen LogP contribution is -2.13. The van der Waals surface area contributed by atoms with Crippen LogP contribution in [0.25, 0.3) is 0 Å². The van der Waals surface area contributed by atoms with Crippen molar-refractivity contribution < 1.29 is 4.92 Å². The predicted octanol–water partition coefficient (Wildman–Crippen LogP) is 3.57. The molecule has 0 spiro atoms. The molecular weight excluding hydrogens is 252 g/mol. The first-order valence-corrected chi connectivity index (χ1v) is 6.48. The number of nitro benzene ring substituents is 1. The van der Waals surface area contributed by atoms with Crippen LogP contribution in [-0.2, 0) is 0 Å². The highest BCUT2D eigenvalue weighted by molar-refractivity contribution is 5.49. The molecule has 0 radical (unpaired) electrons. The SMILES string of the molecule is Cc1ccc(C(N)c2cc(C)c(C)c([N+](=O)[O-])c2)cc1. The van der Waals surface area contributed by atoms with Crippen molar-refractivity contribution in [2.75, 3.05) is 0 Å². The molecule has 2 rings (SSSR count). The maximum Gasteiger partial charge on any atom is 0.272 e. The van der Waals surface area contributed by atoms with Gasteiger partial charge in [0.1, 0.15) is 0 Å². The first-order chi connectivity index (χ1) is 9.40. The van der Waals surface area contributed by atoms with Crippen LogP contribution in [-0.4, -0.2) is 4.92 Å². The molecule has 0 saturated carbocycles. The van der Waals surface area contributed by atoms with Crippen LogP contribution in [0.3, 0.4) is 0 Å². The zero-order valence-electron chi connectivity index (χ0n) is 11.9. The van der Waals surface area contributed by atoms with Gasteiger partial charge in [-0.3, -0.25) is 10.1 Å². The lowest BCUT2D eigenvalue weighted by atomic mass is 9.95. The smallest absolute Gasteiger partial charge is 0.272 e. The minimum Gasteiger partial charge on any atom is -0.320 e. The topological polar surface area (TPSA) is 69.2 Å². The molecule has 0 bridgehead atoms. The standard InChI is InChI=1S/C16H18N2O2/c1-10-4-6-13(7-5-10)16(17)14-8-11(2)12(3)15(9-14)18(19)20/h4-9,16H,17H2,1-3H3. The predicted molar refractivity (Wildman–Crippen MR) is 79.8 cm³/mol. The third kappa shape index (κ3) is 2.70. The summed E-state index contributed by atoms with van der Waals surface area (Å²) < 4.78 is 0. The second kappa shape index (κ2) is 5.43. The van der Waals surface area contributed by atoms with Crippen LogP contribution >= 0.6 is 0 Å². The number of rotatable bonds is 3. The lowest BCUT2D eigenvalue weighted by Gasteiger charge is -2.14. The van der Waals surface area contributed by atoms with Crippen LogP contribution in [0.5, 0.6) is 0 Å². The fourth-order valence-electron chi connectivity index (χ4n) is 2.20. The van der Waals surface area contributed by atoms with Crippen LogP contribution in [0.2, 0.25) is 0 Å². The second-order valence-corrected chi connectivity index (χ2v) is 5.13. The van der Waals surface area contributed by atoms with E-state index in [2.05, 4.69) is 0 Å². The van der Waals surface area contributed by atoms with E-state index in [9.17, 15) is 10.1 Å². The Morgan fingerprint density at radius 2 is 1.65 bits per heavy atom. The number of benzene rings is 2. The highest BCUT2D eigenvalue weighted by Gasteiger charge is 2.18. The van der Waals surface area contributed by atoms with Crippen molar-refractivity contribution in [2.24, 2.45) is 5.73 Å². The van der Waals surface area contributed by atoms with E-state index in [4.69, 9.17) is 5.73 Å². The number of hydrogen-bond donors (Lipinski definition) is 1. The van der Waals surface area contributed by atoms with Crippen molar-refractivity contribution in [1.82, 2.24) is 0 Å². The van der Waals surface area contributed by atoms with Gasteiger partial charge in [-0.05, 0) is 37.5 Å². The molecule has 0 aliphatic heterocycles. The summed E-state index contributed by atoms with van der Waals surface area (Å²) in [5.74, 6) is 0. The Bertz CT molecular complexity index is 648. The Kier molecular flexibility index (Phi) is 3.86. The van der Waals surface area contributed by atoms with Crippen LogP contribution < -0.4 is 5.73 Å². The van der Waals surface area contributed by atoms with Crippen molar-refractivity contribution in [2.45, 2.75) is 26.8 Å². The summed E-state index contributed by atoms with van der Waals surface area (Å²) in [7, 11) is 0. The fraction of sp³-hybridized carbons (Fsp3) is 0.250. The van der Waals surface area contributed by atoms with E-state index < -0.39 is 0 Å². The summed E-state index contributed by atoms with van der Waals surface area (Å²) in [6.45, 7) is 5.64. The van der Waals surface area contributed by atoms with Gasteiger partial charge in [0.15, 0.2) is 0 Å². The Labute approximate surface area is 118 Å². The molecule has 4 nitrogen and oxygen atoms in total. The summed E-state index contributed by atoms with van der Waals surface area (Å²) in [6, 6.07) is 11.0. The molecule has 20 heavy (non-hydrogen) atoms. The zero-order chi connectivity index (χ0) is 14.9. The molecule has 0 amide bonds. The van der Waals surface area contributed by atoms with E-state index in [0.717, 1.165) is 22.3 Å². The molecule has 0 aliphatic carbocycles. The van der Waals surface area contributed by atoms with Crippen molar-refractivity contribution in [3.8, 4) is 0 Å². The summed E-state index contributed by atoms with van der Waals surface area (Å²) in [5.41, 5.74) is 10.8. The third-order valence-corrected chi connectivity index (χ3v) is 3.65. The molecule has 0 aliphatic rings. The van der Waals surface area contributed by atoms with Crippen LogP contribution in [0.1, 0.15) is 33.9 Å². The molecule has 0 heterocycles. The minimum absolute atomic E-state index is 0.127. The molecule has 0 saturated heterocycles. The fourth-order valence-corrected chi connectivity index (χ4v) is 2.20. The first kappa shape index (κ1) is 14.2. The molecule has 2 N–H and O–H groups in total. The van der Waals surface area contributed by atoms with E-state index in [1.807, 2.05) is 44.2 Å². The van der Waals surface area contributed by atoms with E-state index in [0.29, 0.717) is 5.56 Å². The largest absolute Gasteiger partial charge is 0.320 e. The molecular formula is C16H18N2O2. The first-order valence-electron chi connectivity index (χ1n) is 6.48. The maximum absolute atomic E-state index is 11.1. The van der Waals surface area contributed by atoms with Gasteiger partial charge in [0.25, 0.3) is 5.69 Å². The van der Waals surface area contributed by atoms with Gasteiger partial charge in [-0.1, -0.05) is 35.9 Å². The van der Waals surface area contributed by atoms with Gasteiger partial charge < -0.3 is 5.73 Å². The van der Waals surface area contributed by atoms with Crippen molar-refractivity contribution >= 4 is 5.69 Å². The van der Waals surface area contributed by atoms with Gasteiger partial charge in [-0.2, -0.15) is 0 Å². The number of nitro groups is 1. The van der Waals surface area contributed by atoms with Gasteiger partial charge in [0.05, 0.1) is 11.0 Å². The number of hydrogen-bond acceptors (Lipinski definition) is 3. The quantitative estimate of drug-likeness (QED) is 0.684. The van der Waals surface area contributed by atoms with Gasteiger partial charge in [-0.25, -0.2) is 0 Å². The summed E-state index contributed by atoms with van der Waals surface area (Å²) in [6.07, 6.45) is 0. The van der Waals surface area contributed by atoms with E-state index in [1.54, 1.807) is 13.0 Å². The molecule has 1 atom stereocenters. The molecule has 0 aromatic heterocycles. The monoisotopic (exact) mass is 270 g/mol. The molecule has 4 heteroatoms. The number of nitrogens with zero attached hydrogens (tertiary/aromatic N) is 1. The third-order valence-electron chi connectivity index (χ3n) is 3.65. The van der Waals surface area contributed by atoms with E-state index >= 15 is 0 Å². The molecule has 0 fully saturated rings. The maximum atomic E-state index is 11.1. The Morgan fingerprint density at radius 3 is 2.20 bits per heavy atom. The minimum atomic E-state index is -0.353. The van der Waals surface area contributed by atoms with Crippen molar-refractivity contribution in [3.63, 3.8) is 0 Å². The van der Waals surface area contributed by atoms with Crippen molar-refractivity contribution in [3.05, 3.63) is 74.3 Å². The molecule has 2 aromatic carbocycles. The number of nitrogens with two attached hydrogens (primary N) is 1. The molecule has 1 unspecified atom stereocenters. The highest BCUT2D eigenvalue weighted by atomic mass is 16.6. The second-order valence-electron chi connectivity index (χ2n) is 5.13. The lowest BCUT2D eigenvalue weighted by molar-refractivity contribution is -0.385. The average Bonchev–Trinajstić information content (AvgIpc) is 2.41. The van der Waals surface area contributed by atoms with Crippen LogP contribution in [0.4, 0.5) is 5.69 Å². The van der Waals surface area contributed by atoms with E-state index in [1.165, 1.54) is 0 Å². The van der Waals surface area contributed by atoms with Gasteiger partial charge in [0, 0.05) is 11.6 Å². The zero-order valence-corrected chi connectivity index (χ0v) is 11.9. The number of aryl methyl sites for hydroxylation is 2. The molecule has 2 aromatic rings. The van der Waals surface area contributed by atoms with Gasteiger partial charge >= 0.3 is 0 Å². The van der Waals surface area contributed by atoms with Crippen molar-refractivity contribution in [1.29, 1.82) is 0 Å². The summed E-state index contributed by atoms with van der Waals surface area (Å²) >= 11 is 0. The summed E-state index contributed by atoms with van der Waals surface area (Å²) in [4.78, 5) is 10.7. The Morgan fingerprint density at radius 1 is 1.05 bits per heavy atom. The van der Waals surface area contributed by atoms with Gasteiger partial charge in [0.2, 0.25) is 0 Å². The normalized spacial score (nSPS) is 12.2. The van der Waals surface area contributed by atoms with Crippen LogP contribution in [0, 0.1) is 30.9 Å². The van der Waals surface area contributed by atoms with E-state index in [-0.39, 0.29) is 16.7 Å². The highest BCUT2D eigenvalue weighted by Crippen LogP contribution is 2.28. The van der Waals surface area contributed by atoms with Crippen LogP contribution in [0.15, 0.2) is 36.4 Å². The Balaban J connectivity index is 2.47. The Hall–Kier alpha value is -2.20. The average molecular weight is 270 g/mol.